The average molecular weight is 274 g/mol. The van der Waals surface area contributed by atoms with E-state index in [2.05, 4.69) is 26.8 Å². The van der Waals surface area contributed by atoms with Gasteiger partial charge >= 0.3 is 5.97 Å². The normalized spacial score (nSPS) is 21.0. The molecule has 20 heavy (non-hydrogen) atoms. The Hall–Kier alpha value is -1.77. The van der Waals surface area contributed by atoms with Crippen molar-refractivity contribution in [1.29, 1.82) is 0 Å². The Bertz CT molecular complexity index is 584. The van der Waals surface area contributed by atoms with E-state index in [0.29, 0.717) is 17.6 Å². The van der Waals surface area contributed by atoms with Crippen LogP contribution >= 0.6 is 0 Å². The molecule has 0 aromatic heterocycles. The number of ether oxygens (including phenoxy) is 2. The summed E-state index contributed by atoms with van der Waals surface area (Å²) in [5.41, 5.74) is 4.44. The van der Waals surface area contributed by atoms with Crippen LogP contribution in [0.3, 0.4) is 0 Å². The molecule has 0 N–H and O–H groups in total. The van der Waals surface area contributed by atoms with Gasteiger partial charge in [-0.3, -0.25) is 4.79 Å². The van der Waals surface area contributed by atoms with Crippen LogP contribution in [0.5, 0.6) is 5.75 Å². The van der Waals surface area contributed by atoms with Gasteiger partial charge in [0.05, 0.1) is 7.11 Å². The van der Waals surface area contributed by atoms with Crippen molar-refractivity contribution in [3.05, 3.63) is 34.4 Å². The monoisotopic (exact) mass is 274 g/mol. The van der Waals surface area contributed by atoms with Crippen molar-refractivity contribution in [3.8, 4) is 5.75 Å². The lowest BCUT2D eigenvalue weighted by molar-refractivity contribution is -0.134. The summed E-state index contributed by atoms with van der Waals surface area (Å²) >= 11 is 0. The first-order chi connectivity index (χ1) is 9.36. The van der Waals surface area contributed by atoms with Crippen molar-refractivity contribution in [3.63, 3.8) is 0 Å². The molecule has 108 valence electrons. The SMILES string of the molecule is COc1cc(C)c(C)c2c1C(C)C(C)C=C2OC(C)=O. The predicted molar refractivity (Wildman–Crippen MR) is 79.8 cm³/mol. The molecule has 3 heteroatoms. The van der Waals surface area contributed by atoms with E-state index < -0.39 is 0 Å². The minimum atomic E-state index is -0.288. The fourth-order valence-corrected chi connectivity index (χ4v) is 2.81. The third-order valence-electron chi connectivity index (χ3n) is 4.23. The number of carbonyl (C=O) groups excluding carboxylic acids is 1. The molecule has 0 bridgehead atoms. The molecule has 2 atom stereocenters. The molecule has 1 aliphatic rings. The zero-order valence-electron chi connectivity index (χ0n) is 13.0. The van der Waals surface area contributed by atoms with Crippen LogP contribution < -0.4 is 4.74 Å². The number of carbonyl (C=O) groups is 1. The highest BCUT2D eigenvalue weighted by atomic mass is 16.5. The molecule has 0 amide bonds. The van der Waals surface area contributed by atoms with Gasteiger partial charge in [-0.25, -0.2) is 0 Å². The third kappa shape index (κ3) is 2.33. The minimum absolute atomic E-state index is 0.288. The first-order valence-corrected chi connectivity index (χ1v) is 6.95. The quantitative estimate of drug-likeness (QED) is 0.765. The number of aryl methyl sites for hydroxylation is 1. The summed E-state index contributed by atoms with van der Waals surface area (Å²) in [6, 6.07) is 2.06. The maximum atomic E-state index is 11.4. The number of fused-ring (bicyclic) bond motifs is 1. The van der Waals surface area contributed by atoms with Gasteiger partial charge in [0.15, 0.2) is 0 Å². The summed E-state index contributed by atoms with van der Waals surface area (Å²) in [5, 5.41) is 0. The lowest BCUT2D eigenvalue weighted by Crippen LogP contribution is -2.17. The molecule has 0 saturated heterocycles. The van der Waals surface area contributed by atoms with Gasteiger partial charge in [0.2, 0.25) is 0 Å². The van der Waals surface area contributed by atoms with Crippen LogP contribution in [0, 0.1) is 19.8 Å². The molecule has 0 spiro atoms. The van der Waals surface area contributed by atoms with Gasteiger partial charge in [-0.05, 0) is 49.0 Å². The molecule has 0 heterocycles. The Labute approximate surface area is 120 Å². The number of hydrogen-bond donors (Lipinski definition) is 0. The highest BCUT2D eigenvalue weighted by Crippen LogP contribution is 2.45. The fourth-order valence-electron chi connectivity index (χ4n) is 2.81. The van der Waals surface area contributed by atoms with Crippen LogP contribution in [0.2, 0.25) is 0 Å². The van der Waals surface area contributed by atoms with Gasteiger partial charge in [0, 0.05) is 18.1 Å². The van der Waals surface area contributed by atoms with E-state index in [1.807, 2.05) is 13.0 Å². The number of methoxy groups -OCH3 is 1. The first-order valence-electron chi connectivity index (χ1n) is 6.95. The molecule has 0 saturated carbocycles. The average Bonchev–Trinajstić information content (AvgIpc) is 2.37. The first kappa shape index (κ1) is 14.6. The second-order valence-corrected chi connectivity index (χ2v) is 5.58. The summed E-state index contributed by atoms with van der Waals surface area (Å²) in [6.45, 7) is 9.86. The lowest BCUT2D eigenvalue weighted by atomic mass is 9.77. The smallest absolute Gasteiger partial charge is 0.308 e. The molecule has 2 rings (SSSR count). The summed E-state index contributed by atoms with van der Waals surface area (Å²) in [6.07, 6.45) is 2.04. The van der Waals surface area contributed by atoms with E-state index in [9.17, 15) is 4.79 Å². The van der Waals surface area contributed by atoms with Gasteiger partial charge in [-0.15, -0.1) is 0 Å². The Morgan fingerprint density at radius 2 is 1.90 bits per heavy atom. The number of benzene rings is 1. The Kier molecular flexibility index (Phi) is 3.89. The van der Waals surface area contributed by atoms with Gasteiger partial charge in [-0.1, -0.05) is 13.8 Å². The van der Waals surface area contributed by atoms with Crippen LogP contribution in [0.25, 0.3) is 5.76 Å². The molecule has 0 aliphatic heterocycles. The molecule has 0 fully saturated rings. The summed E-state index contributed by atoms with van der Waals surface area (Å²) in [4.78, 5) is 11.4. The van der Waals surface area contributed by atoms with E-state index in [4.69, 9.17) is 9.47 Å². The number of rotatable bonds is 2. The second-order valence-electron chi connectivity index (χ2n) is 5.58. The Morgan fingerprint density at radius 1 is 1.25 bits per heavy atom. The lowest BCUT2D eigenvalue weighted by Gasteiger charge is -2.30. The molecule has 1 aliphatic carbocycles. The molecule has 2 unspecified atom stereocenters. The van der Waals surface area contributed by atoms with Gasteiger partial charge in [-0.2, -0.15) is 0 Å². The molecule has 1 aromatic carbocycles. The number of allylic oxidation sites excluding steroid dienone is 1. The van der Waals surface area contributed by atoms with E-state index in [1.54, 1.807) is 7.11 Å². The fraction of sp³-hybridized carbons (Fsp3) is 0.471. The topological polar surface area (TPSA) is 35.5 Å². The zero-order chi connectivity index (χ0) is 15.0. The molecule has 0 radical (unpaired) electrons. The number of hydrogen-bond acceptors (Lipinski definition) is 3. The Morgan fingerprint density at radius 3 is 2.45 bits per heavy atom. The molecular weight excluding hydrogens is 252 g/mol. The van der Waals surface area contributed by atoms with Gasteiger partial charge in [0.25, 0.3) is 0 Å². The van der Waals surface area contributed by atoms with Crippen LogP contribution in [-0.2, 0) is 9.53 Å². The van der Waals surface area contributed by atoms with Crippen LogP contribution in [0.15, 0.2) is 12.1 Å². The highest BCUT2D eigenvalue weighted by Gasteiger charge is 2.30. The van der Waals surface area contributed by atoms with Gasteiger partial charge < -0.3 is 9.47 Å². The summed E-state index contributed by atoms with van der Waals surface area (Å²) < 4.78 is 11.0. The summed E-state index contributed by atoms with van der Waals surface area (Å²) in [7, 11) is 1.69. The van der Waals surface area contributed by atoms with Crippen molar-refractivity contribution >= 4 is 11.7 Å². The highest BCUT2D eigenvalue weighted by molar-refractivity contribution is 5.81. The third-order valence-corrected chi connectivity index (χ3v) is 4.23. The van der Waals surface area contributed by atoms with E-state index in [1.165, 1.54) is 6.92 Å². The van der Waals surface area contributed by atoms with E-state index >= 15 is 0 Å². The molecule has 1 aromatic rings. The van der Waals surface area contributed by atoms with Crippen LogP contribution in [-0.4, -0.2) is 13.1 Å². The van der Waals surface area contributed by atoms with Crippen molar-refractivity contribution in [2.24, 2.45) is 5.92 Å². The summed E-state index contributed by atoms with van der Waals surface area (Å²) in [5.74, 6) is 1.88. The van der Waals surface area contributed by atoms with Crippen molar-refractivity contribution in [2.45, 2.75) is 40.5 Å². The van der Waals surface area contributed by atoms with Crippen molar-refractivity contribution in [2.75, 3.05) is 7.11 Å². The van der Waals surface area contributed by atoms with E-state index in [0.717, 1.165) is 28.0 Å². The van der Waals surface area contributed by atoms with Crippen LogP contribution in [0.4, 0.5) is 0 Å². The van der Waals surface area contributed by atoms with Crippen LogP contribution in [0.1, 0.15) is 48.9 Å². The van der Waals surface area contributed by atoms with Crippen molar-refractivity contribution in [1.82, 2.24) is 0 Å². The second kappa shape index (κ2) is 5.31. The Balaban J connectivity index is 2.73. The van der Waals surface area contributed by atoms with Gasteiger partial charge in [0.1, 0.15) is 11.5 Å². The zero-order valence-corrected chi connectivity index (χ0v) is 13.0. The minimum Gasteiger partial charge on any atom is -0.496 e. The standard InChI is InChI=1S/C17H22O3/c1-9-7-14(19-6)16-11(3)10(2)8-15(20-13(5)18)17(16)12(9)4/h7-8,10-11H,1-6H3. The largest absolute Gasteiger partial charge is 0.496 e. The maximum absolute atomic E-state index is 11.4. The van der Waals surface area contributed by atoms with E-state index in [-0.39, 0.29) is 5.97 Å². The maximum Gasteiger partial charge on any atom is 0.308 e. The molecule has 3 nitrogen and oxygen atoms in total. The number of esters is 1. The predicted octanol–water partition coefficient (Wildman–Crippen LogP) is 3.97. The van der Waals surface area contributed by atoms with Crippen molar-refractivity contribution < 1.29 is 14.3 Å². The molecular formula is C17H22O3.